The monoisotopic (exact) mass is 324 g/mol. The fourth-order valence-electron chi connectivity index (χ4n) is 2.95. The van der Waals surface area contributed by atoms with E-state index in [2.05, 4.69) is 5.32 Å². The second-order valence-electron chi connectivity index (χ2n) is 5.24. The lowest BCUT2D eigenvalue weighted by Crippen LogP contribution is -2.51. The van der Waals surface area contributed by atoms with Gasteiger partial charge in [-0.25, -0.2) is 14.5 Å². The van der Waals surface area contributed by atoms with E-state index in [-0.39, 0.29) is 6.61 Å². The first kappa shape index (κ1) is 15.7. The van der Waals surface area contributed by atoms with E-state index in [0.717, 1.165) is 4.90 Å². The van der Waals surface area contributed by atoms with Gasteiger partial charge in [0.05, 0.1) is 6.61 Å². The van der Waals surface area contributed by atoms with Crippen molar-refractivity contribution in [1.82, 2.24) is 10.2 Å². The first-order chi connectivity index (χ1) is 11.6. The zero-order valence-corrected chi connectivity index (χ0v) is 13.1. The molecule has 1 heterocycles. The van der Waals surface area contributed by atoms with Crippen LogP contribution in [0.5, 0.6) is 0 Å². The van der Waals surface area contributed by atoms with E-state index in [1.54, 1.807) is 67.6 Å². The molecule has 0 aromatic heterocycles. The predicted octanol–water partition coefficient (Wildman–Crippen LogP) is 2.64. The number of carbonyl (C=O) groups is 3. The summed E-state index contributed by atoms with van der Waals surface area (Å²) < 4.78 is 5.02. The van der Waals surface area contributed by atoms with Crippen LogP contribution < -0.4 is 5.32 Å². The number of amides is 4. The standard InChI is InChI=1S/C18H16N2O4/c1-2-24-17(23)20-16(22)19-15(21)18(20,13-9-5-3-6-10-13)14-11-7-4-8-12-14/h3-12H,2H2,1H3,(H,19,21,22). The highest BCUT2D eigenvalue weighted by molar-refractivity contribution is 6.15. The van der Waals surface area contributed by atoms with Crippen LogP contribution in [-0.4, -0.2) is 29.5 Å². The SMILES string of the molecule is CCOC(=O)N1C(=O)NC(=O)C1(c1ccccc1)c1ccccc1. The number of imide groups is 2. The van der Waals surface area contributed by atoms with Crippen LogP contribution in [-0.2, 0) is 15.1 Å². The molecular formula is C18H16N2O4. The maximum Gasteiger partial charge on any atom is 0.419 e. The molecule has 1 aliphatic heterocycles. The summed E-state index contributed by atoms with van der Waals surface area (Å²) in [5.41, 5.74) is -0.577. The van der Waals surface area contributed by atoms with Gasteiger partial charge < -0.3 is 4.74 Å². The van der Waals surface area contributed by atoms with Crippen molar-refractivity contribution in [3.05, 3.63) is 71.8 Å². The summed E-state index contributed by atoms with van der Waals surface area (Å²) >= 11 is 0. The minimum atomic E-state index is -1.59. The maximum absolute atomic E-state index is 12.8. The molecule has 0 unspecified atom stereocenters. The van der Waals surface area contributed by atoms with Gasteiger partial charge in [-0.1, -0.05) is 60.7 Å². The van der Waals surface area contributed by atoms with Crippen LogP contribution in [0, 0.1) is 0 Å². The molecule has 122 valence electrons. The van der Waals surface area contributed by atoms with E-state index < -0.39 is 23.6 Å². The van der Waals surface area contributed by atoms with Crippen LogP contribution >= 0.6 is 0 Å². The smallest absolute Gasteiger partial charge is 0.419 e. The van der Waals surface area contributed by atoms with Crippen molar-refractivity contribution >= 4 is 18.0 Å². The van der Waals surface area contributed by atoms with E-state index in [9.17, 15) is 14.4 Å². The number of benzene rings is 2. The van der Waals surface area contributed by atoms with Gasteiger partial charge in [0.15, 0.2) is 5.54 Å². The first-order valence-electron chi connectivity index (χ1n) is 7.55. The van der Waals surface area contributed by atoms with Crippen LogP contribution in [0.2, 0.25) is 0 Å². The zero-order valence-electron chi connectivity index (χ0n) is 13.1. The number of ether oxygens (including phenoxy) is 1. The van der Waals surface area contributed by atoms with Crippen molar-refractivity contribution in [3.8, 4) is 0 Å². The third kappa shape index (κ3) is 2.23. The van der Waals surface area contributed by atoms with Gasteiger partial charge in [-0.05, 0) is 18.1 Å². The maximum atomic E-state index is 12.8. The summed E-state index contributed by atoms with van der Waals surface area (Å²) in [6.45, 7) is 1.73. The lowest BCUT2D eigenvalue weighted by Gasteiger charge is -2.33. The van der Waals surface area contributed by atoms with Gasteiger partial charge in [-0.15, -0.1) is 0 Å². The van der Waals surface area contributed by atoms with Gasteiger partial charge in [-0.2, -0.15) is 0 Å². The molecule has 6 nitrogen and oxygen atoms in total. The average Bonchev–Trinajstić information content (AvgIpc) is 2.88. The minimum absolute atomic E-state index is 0.0937. The molecule has 24 heavy (non-hydrogen) atoms. The molecule has 4 amide bonds. The fourth-order valence-corrected chi connectivity index (χ4v) is 2.95. The van der Waals surface area contributed by atoms with Crippen molar-refractivity contribution in [2.75, 3.05) is 6.61 Å². The Kier molecular flexibility index (Phi) is 4.04. The van der Waals surface area contributed by atoms with E-state index in [0.29, 0.717) is 11.1 Å². The third-order valence-electron chi connectivity index (χ3n) is 3.92. The quantitative estimate of drug-likeness (QED) is 0.881. The number of hydrogen-bond donors (Lipinski definition) is 1. The molecule has 0 bridgehead atoms. The van der Waals surface area contributed by atoms with Crippen LogP contribution in [0.3, 0.4) is 0 Å². The number of urea groups is 1. The first-order valence-corrected chi connectivity index (χ1v) is 7.55. The zero-order chi connectivity index (χ0) is 17.2. The van der Waals surface area contributed by atoms with Gasteiger partial charge in [0.1, 0.15) is 0 Å². The molecule has 0 radical (unpaired) electrons. The molecule has 1 fully saturated rings. The van der Waals surface area contributed by atoms with E-state index >= 15 is 0 Å². The third-order valence-corrected chi connectivity index (χ3v) is 3.92. The Hall–Kier alpha value is -3.15. The largest absolute Gasteiger partial charge is 0.449 e. The summed E-state index contributed by atoms with van der Waals surface area (Å²) in [6, 6.07) is 16.6. The van der Waals surface area contributed by atoms with Crippen molar-refractivity contribution in [3.63, 3.8) is 0 Å². The number of nitrogens with zero attached hydrogens (tertiary/aromatic N) is 1. The highest BCUT2D eigenvalue weighted by atomic mass is 16.6. The number of nitrogens with one attached hydrogen (secondary N) is 1. The van der Waals surface area contributed by atoms with Crippen molar-refractivity contribution in [2.24, 2.45) is 0 Å². The lowest BCUT2D eigenvalue weighted by atomic mass is 9.81. The summed E-state index contributed by atoms with van der Waals surface area (Å²) in [6.07, 6.45) is -0.867. The molecule has 1 N–H and O–H groups in total. The Bertz CT molecular complexity index is 735. The van der Waals surface area contributed by atoms with Crippen molar-refractivity contribution in [1.29, 1.82) is 0 Å². The molecule has 1 aliphatic rings. The molecule has 1 saturated heterocycles. The van der Waals surface area contributed by atoms with Gasteiger partial charge in [-0.3, -0.25) is 10.1 Å². The lowest BCUT2D eigenvalue weighted by molar-refractivity contribution is -0.124. The van der Waals surface area contributed by atoms with Gasteiger partial charge in [0.25, 0.3) is 5.91 Å². The molecule has 0 atom stereocenters. The molecule has 2 aromatic carbocycles. The van der Waals surface area contributed by atoms with Crippen molar-refractivity contribution < 1.29 is 19.1 Å². The highest BCUT2D eigenvalue weighted by Crippen LogP contribution is 2.40. The molecular weight excluding hydrogens is 308 g/mol. The highest BCUT2D eigenvalue weighted by Gasteiger charge is 2.59. The molecule has 3 rings (SSSR count). The summed E-state index contributed by atoms with van der Waals surface area (Å²) in [5.74, 6) is -0.585. The Labute approximate surface area is 139 Å². The Morgan fingerprint density at radius 1 is 1.00 bits per heavy atom. The minimum Gasteiger partial charge on any atom is -0.449 e. The Morgan fingerprint density at radius 2 is 1.50 bits per heavy atom. The van der Waals surface area contributed by atoms with E-state index in [1.807, 2.05) is 0 Å². The predicted molar refractivity (Wildman–Crippen MR) is 86.1 cm³/mol. The number of carbonyl (C=O) groups excluding carboxylic acids is 3. The van der Waals surface area contributed by atoms with E-state index in [4.69, 9.17) is 4.74 Å². The second-order valence-corrected chi connectivity index (χ2v) is 5.24. The molecule has 2 aromatic rings. The normalized spacial score (nSPS) is 16.0. The van der Waals surface area contributed by atoms with Gasteiger partial charge in [0.2, 0.25) is 0 Å². The second kappa shape index (κ2) is 6.16. The van der Waals surface area contributed by atoms with Crippen molar-refractivity contribution in [2.45, 2.75) is 12.5 Å². The van der Waals surface area contributed by atoms with Gasteiger partial charge in [0, 0.05) is 0 Å². The summed E-state index contributed by atoms with van der Waals surface area (Å²) in [4.78, 5) is 38.5. The topological polar surface area (TPSA) is 75.7 Å². The van der Waals surface area contributed by atoms with Crippen LogP contribution in [0.25, 0.3) is 0 Å². The summed E-state index contributed by atoms with van der Waals surface area (Å²) in [5, 5.41) is 2.24. The number of hydrogen-bond acceptors (Lipinski definition) is 4. The average molecular weight is 324 g/mol. The Morgan fingerprint density at radius 3 is 1.96 bits per heavy atom. The fraction of sp³-hybridized carbons (Fsp3) is 0.167. The van der Waals surface area contributed by atoms with Gasteiger partial charge >= 0.3 is 12.1 Å². The van der Waals surface area contributed by atoms with E-state index in [1.165, 1.54) is 0 Å². The number of rotatable bonds is 3. The van der Waals surface area contributed by atoms with Crippen LogP contribution in [0.4, 0.5) is 9.59 Å². The van der Waals surface area contributed by atoms with Crippen LogP contribution in [0.15, 0.2) is 60.7 Å². The Balaban J connectivity index is 2.29. The molecule has 6 heteroatoms. The molecule has 0 saturated carbocycles. The van der Waals surface area contributed by atoms with Crippen LogP contribution in [0.1, 0.15) is 18.1 Å². The molecule has 0 aliphatic carbocycles. The molecule has 0 spiro atoms. The summed E-state index contributed by atoms with van der Waals surface area (Å²) in [7, 11) is 0.